The summed E-state index contributed by atoms with van der Waals surface area (Å²) >= 11 is 0. The molecule has 1 aliphatic rings. The molecule has 1 aromatic carbocycles. The molecule has 7 heteroatoms. The average molecular weight is 336 g/mol. The summed E-state index contributed by atoms with van der Waals surface area (Å²) in [5.74, 6) is 0.306. The van der Waals surface area contributed by atoms with E-state index in [0.717, 1.165) is 35.6 Å². The van der Waals surface area contributed by atoms with Gasteiger partial charge in [0.1, 0.15) is 11.0 Å². The standard InChI is InChI=1S/C18H20N6O/c1-11-7-14(19-2)9-16(20-11)13-5-6-24(10-13)18(25)12-3-4-15-17(8-12)22-23-21-15/h3-4,7-9,13H,5-6,10H2,1-2H3,(H,19,20)(H,21,22,23). The number of carbonyl (C=O) groups excluding carboxylic acids is 1. The molecule has 0 bridgehead atoms. The molecule has 128 valence electrons. The first-order chi connectivity index (χ1) is 12.1. The van der Waals surface area contributed by atoms with E-state index in [9.17, 15) is 4.79 Å². The van der Waals surface area contributed by atoms with Crippen molar-refractivity contribution in [2.75, 3.05) is 25.5 Å². The van der Waals surface area contributed by atoms with Gasteiger partial charge in [-0.25, -0.2) is 0 Å². The number of benzene rings is 1. The van der Waals surface area contributed by atoms with Crippen LogP contribution in [-0.4, -0.2) is 51.3 Å². The monoisotopic (exact) mass is 336 g/mol. The maximum atomic E-state index is 12.8. The Labute approximate surface area is 145 Å². The number of H-pyrrole nitrogens is 1. The molecule has 0 aliphatic carbocycles. The van der Waals surface area contributed by atoms with Crippen LogP contribution in [0.3, 0.4) is 0 Å². The minimum Gasteiger partial charge on any atom is -0.388 e. The summed E-state index contributed by atoms with van der Waals surface area (Å²) in [4.78, 5) is 19.4. The van der Waals surface area contributed by atoms with Crippen molar-refractivity contribution in [2.45, 2.75) is 19.3 Å². The number of carbonyl (C=O) groups is 1. The minimum absolute atomic E-state index is 0.0360. The van der Waals surface area contributed by atoms with E-state index in [1.165, 1.54) is 0 Å². The first-order valence-corrected chi connectivity index (χ1v) is 8.40. The Morgan fingerprint density at radius 2 is 2.08 bits per heavy atom. The van der Waals surface area contributed by atoms with Crippen molar-refractivity contribution < 1.29 is 4.79 Å². The molecule has 0 saturated carbocycles. The Bertz CT molecular complexity index is 934. The van der Waals surface area contributed by atoms with Crippen molar-refractivity contribution in [1.29, 1.82) is 0 Å². The fourth-order valence-electron chi connectivity index (χ4n) is 3.39. The lowest BCUT2D eigenvalue weighted by molar-refractivity contribution is 0.0791. The number of nitrogens with zero attached hydrogens (tertiary/aromatic N) is 4. The summed E-state index contributed by atoms with van der Waals surface area (Å²) in [6.07, 6.45) is 0.928. The smallest absolute Gasteiger partial charge is 0.253 e. The molecule has 1 atom stereocenters. The van der Waals surface area contributed by atoms with Crippen molar-refractivity contribution in [2.24, 2.45) is 0 Å². The number of nitrogens with one attached hydrogen (secondary N) is 2. The Morgan fingerprint density at radius 3 is 2.92 bits per heavy atom. The van der Waals surface area contributed by atoms with Gasteiger partial charge in [0, 0.05) is 48.7 Å². The van der Waals surface area contributed by atoms with E-state index in [0.29, 0.717) is 17.6 Å². The van der Waals surface area contributed by atoms with Crippen molar-refractivity contribution in [1.82, 2.24) is 25.3 Å². The van der Waals surface area contributed by atoms with Crippen molar-refractivity contribution >= 4 is 22.6 Å². The molecule has 3 heterocycles. The molecule has 1 amide bonds. The predicted octanol–water partition coefficient (Wildman–Crippen LogP) is 2.33. The number of hydrogen-bond acceptors (Lipinski definition) is 5. The van der Waals surface area contributed by atoms with Crippen LogP contribution in [0.5, 0.6) is 0 Å². The molecule has 3 aromatic rings. The number of amides is 1. The van der Waals surface area contributed by atoms with Crippen LogP contribution < -0.4 is 5.32 Å². The topological polar surface area (TPSA) is 86.8 Å². The lowest BCUT2D eigenvalue weighted by Gasteiger charge is -2.17. The Morgan fingerprint density at radius 1 is 1.24 bits per heavy atom. The van der Waals surface area contributed by atoms with Crippen LogP contribution in [-0.2, 0) is 0 Å². The summed E-state index contributed by atoms with van der Waals surface area (Å²) in [6.45, 7) is 3.43. The molecule has 2 N–H and O–H groups in total. The van der Waals surface area contributed by atoms with E-state index in [1.54, 1.807) is 6.07 Å². The number of aromatic nitrogens is 4. The highest BCUT2D eigenvalue weighted by Crippen LogP contribution is 2.29. The molecule has 7 nitrogen and oxygen atoms in total. The summed E-state index contributed by atoms with van der Waals surface area (Å²) in [5, 5.41) is 13.8. The number of rotatable bonds is 3. The second-order valence-electron chi connectivity index (χ2n) is 6.44. The maximum Gasteiger partial charge on any atom is 0.253 e. The third-order valence-electron chi connectivity index (χ3n) is 4.72. The van der Waals surface area contributed by atoms with Crippen molar-refractivity contribution in [3.8, 4) is 0 Å². The Hall–Kier alpha value is -2.96. The largest absolute Gasteiger partial charge is 0.388 e. The van der Waals surface area contributed by atoms with Gasteiger partial charge in [-0.15, -0.1) is 0 Å². The molecule has 0 radical (unpaired) electrons. The molecule has 1 saturated heterocycles. The molecule has 2 aromatic heterocycles. The third kappa shape index (κ3) is 2.93. The number of likely N-dealkylation sites (tertiary alicyclic amines) is 1. The normalized spacial score (nSPS) is 17.2. The van der Waals surface area contributed by atoms with Gasteiger partial charge in [0.2, 0.25) is 0 Å². The van der Waals surface area contributed by atoms with Gasteiger partial charge in [0.15, 0.2) is 0 Å². The number of anilines is 1. The quantitative estimate of drug-likeness (QED) is 0.766. The van der Waals surface area contributed by atoms with Crippen LogP contribution in [0.2, 0.25) is 0 Å². The molecule has 1 aliphatic heterocycles. The van der Waals surface area contributed by atoms with E-state index < -0.39 is 0 Å². The van der Waals surface area contributed by atoms with Crippen LogP contribution in [0.4, 0.5) is 5.69 Å². The molecule has 0 spiro atoms. The first-order valence-electron chi connectivity index (χ1n) is 8.40. The molecule has 1 unspecified atom stereocenters. The van der Waals surface area contributed by atoms with Crippen molar-refractivity contribution in [3.63, 3.8) is 0 Å². The zero-order chi connectivity index (χ0) is 17.4. The number of hydrogen-bond donors (Lipinski definition) is 2. The fourth-order valence-corrected chi connectivity index (χ4v) is 3.39. The van der Waals surface area contributed by atoms with Gasteiger partial charge in [-0.3, -0.25) is 9.78 Å². The van der Waals surface area contributed by atoms with E-state index in [1.807, 2.05) is 37.1 Å². The average Bonchev–Trinajstić information content (AvgIpc) is 3.29. The molecular formula is C18H20N6O. The number of fused-ring (bicyclic) bond motifs is 1. The van der Waals surface area contributed by atoms with Crippen LogP contribution in [0.15, 0.2) is 30.3 Å². The van der Waals surface area contributed by atoms with Crippen LogP contribution in [0.25, 0.3) is 11.0 Å². The van der Waals surface area contributed by atoms with Gasteiger partial charge < -0.3 is 10.2 Å². The van der Waals surface area contributed by atoms with E-state index in [4.69, 9.17) is 0 Å². The second-order valence-corrected chi connectivity index (χ2v) is 6.44. The second kappa shape index (κ2) is 6.16. The molecule has 4 rings (SSSR count). The van der Waals surface area contributed by atoms with E-state index in [2.05, 4.69) is 31.8 Å². The highest BCUT2D eigenvalue weighted by molar-refractivity contribution is 5.97. The van der Waals surface area contributed by atoms with Gasteiger partial charge in [-0.05, 0) is 43.7 Å². The summed E-state index contributed by atoms with van der Waals surface area (Å²) in [6, 6.07) is 9.52. The zero-order valence-corrected chi connectivity index (χ0v) is 14.3. The minimum atomic E-state index is 0.0360. The van der Waals surface area contributed by atoms with Gasteiger partial charge in [0.25, 0.3) is 5.91 Å². The van der Waals surface area contributed by atoms with Crippen LogP contribution in [0, 0.1) is 6.92 Å². The van der Waals surface area contributed by atoms with Gasteiger partial charge in [-0.1, -0.05) is 0 Å². The Balaban J connectivity index is 1.53. The summed E-state index contributed by atoms with van der Waals surface area (Å²) in [7, 11) is 1.91. The zero-order valence-electron chi connectivity index (χ0n) is 14.3. The lowest BCUT2D eigenvalue weighted by Crippen LogP contribution is -2.28. The lowest BCUT2D eigenvalue weighted by atomic mass is 10.0. The highest BCUT2D eigenvalue weighted by atomic mass is 16.2. The van der Waals surface area contributed by atoms with Gasteiger partial charge >= 0.3 is 0 Å². The van der Waals surface area contributed by atoms with E-state index in [-0.39, 0.29) is 11.8 Å². The summed E-state index contributed by atoms with van der Waals surface area (Å²) < 4.78 is 0. The van der Waals surface area contributed by atoms with Crippen LogP contribution in [0.1, 0.15) is 34.1 Å². The number of aryl methyl sites for hydroxylation is 1. The van der Waals surface area contributed by atoms with E-state index >= 15 is 0 Å². The first kappa shape index (κ1) is 15.6. The highest BCUT2D eigenvalue weighted by Gasteiger charge is 2.29. The third-order valence-corrected chi connectivity index (χ3v) is 4.72. The molecule has 1 fully saturated rings. The molecular weight excluding hydrogens is 316 g/mol. The number of pyridine rings is 1. The predicted molar refractivity (Wildman–Crippen MR) is 95.7 cm³/mol. The summed E-state index contributed by atoms with van der Waals surface area (Å²) in [5.41, 5.74) is 5.22. The Kier molecular flexibility index (Phi) is 3.83. The van der Waals surface area contributed by atoms with Crippen LogP contribution >= 0.6 is 0 Å². The van der Waals surface area contributed by atoms with Crippen molar-refractivity contribution in [3.05, 3.63) is 47.3 Å². The molecule has 25 heavy (non-hydrogen) atoms. The maximum absolute atomic E-state index is 12.8. The number of aromatic amines is 1. The van der Waals surface area contributed by atoms with Gasteiger partial charge in [-0.2, -0.15) is 15.4 Å². The fraction of sp³-hybridized carbons (Fsp3) is 0.333. The SMILES string of the molecule is CNc1cc(C)nc(C2CCN(C(=O)c3ccc4n[nH]nc4c3)C2)c1. The van der Waals surface area contributed by atoms with Gasteiger partial charge in [0.05, 0.1) is 0 Å².